The van der Waals surface area contributed by atoms with E-state index in [1.807, 2.05) is 12.1 Å². The minimum Gasteiger partial charge on any atom is -0.488 e. The number of rotatable bonds is 2. The number of ether oxygens (including phenoxy) is 1. The van der Waals surface area contributed by atoms with Crippen LogP contribution in [0.5, 0.6) is 5.75 Å². The van der Waals surface area contributed by atoms with Gasteiger partial charge in [-0.25, -0.2) is 4.39 Å². The molecule has 1 aliphatic rings. The molecule has 0 saturated carbocycles. The Balaban J connectivity index is 2.12. The molecule has 0 spiro atoms. The zero-order valence-electron chi connectivity index (χ0n) is 10.5. The summed E-state index contributed by atoms with van der Waals surface area (Å²) in [5.74, 6) is 0.503. The second-order valence-electron chi connectivity index (χ2n) is 4.70. The highest BCUT2D eigenvalue weighted by Crippen LogP contribution is 2.38. The number of nitrogens with two attached hydrogens (primary N) is 1. The fourth-order valence-electron chi connectivity index (χ4n) is 2.42. The van der Waals surface area contributed by atoms with Gasteiger partial charge in [-0.1, -0.05) is 6.07 Å². The molecule has 0 amide bonds. The molecule has 3 rings (SSSR count). The fraction of sp³-hybridized carbons (Fsp3) is 0.267. The summed E-state index contributed by atoms with van der Waals surface area (Å²) < 4.78 is 19.6. The van der Waals surface area contributed by atoms with Crippen molar-refractivity contribution >= 4 is 0 Å². The fourth-order valence-corrected chi connectivity index (χ4v) is 2.42. The zero-order valence-corrected chi connectivity index (χ0v) is 10.5. The van der Waals surface area contributed by atoms with Gasteiger partial charge in [-0.2, -0.15) is 0 Å². The molecule has 1 aliphatic heterocycles. The van der Waals surface area contributed by atoms with Crippen molar-refractivity contribution in [3.8, 4) is 16.9 Å². The van der Waals surface area contributed by atoms with Gasteiger partial charge < -0.3 is 10.5 Å². The third-order valence-corrected chi connectivity index (χ3v) is 3.39. The monoisotopic (exact) mass is 258 g/mol. The average Bonchev–Trinajstić information content (AvgIpc) is 2.47. The Morgan fingerprint density at radius 1 is 1.42 bits per heavy atom. The molecule has 98 valence electrons. The molecule has 2 N–H and O–H groups in total. The van der Waals surface area contributed by atoms with Crippen LogP contribution in [0, 0.1) is 5.82 Å². The number of nitrogens with zero attached hydrogens (tertiary/aromatic N) is 1. The SMILES string of the molecule is NC[C@@H]1CCc2cc(F)cc(-c3cccnc3)c2O1. The lowest BCUT2D eigenvalue weighted by Crippen LogP contribution is -2.30. The van der Waals surface area contributed by atoms with E-state index in [2.05, 4.69) is 4.98 Å². The van der Waals surface area contributed by atoms with E-state index < -0.39 is 0 Å². The Kier molecular flexibility index (Phi) is 3.17. The molecule has 3 nitrogen and oxygen atoms in total. The zero-order chi connectivity index (χ0) is 13.2. The van der Waals surface area contributed by atoms with E-state index in [0.717, 1.165) is 35.3 Å². The smallest absolute Gasteiger partial charge is 0.131 e. The number of hydrogen-bond acceptors (Lipinski definition) is 3. The standard InChI is InChI=1S/C15H15FN2O/c16-12-6-10-3-4-13(8-17)19-15(10)14(7-12)11-2-1-5-18-9-11/h1-2,5-7,9,13H,3-4,8,17H2/t13-/m0/s1. The Bertz CT molecular complexity index is 586. The minimum atomic E-state index is -0.243. The van der Waals surface area contributed by atoms with E-state index in [1.165, 1.54) is 6.07 Å². The third kappa shape index (κ3) is 2.31. The molecule has 0 fully saturated rings. The summed E-state index contributed by atoms with van der Waals surface area (Å²) in [6.45, 7) is 0.475. The first-order valence-corrected chi connectivity index (χ1v) is 6.37. The molecule has 4 heteroatoms. The van der Waals surface area contributed by atoms with Gasteiger partial charge in [0.15, 0.2) is 0 Å². The highest BCUT2D eigenvalue weighted by molar-refractivity contribution is 5.72. The maximum Gasteiger partial charge on any atom is 0.131 e. The van der Waals surface area contributed by atoms with Crippen molar-refractivity contribution in [3.63, 3.8) is 0 Å². The van der Waals surface area contributed by atoms with E-state index in [-0.39, 0.29) is 11.9 Å². The van der Waals surface area contributed by atoms with Crippen LogP contribution in [0.2, 0.25) is 0 Å². The van der Waals surface area contributed by atoms with Gasteiger partial charge in [-0.3, -0.25) is 4.98 Å². The van der Waals surface area contributed by atoms with Crippen LogP contribution in [0.15, 0.2) is 36.7 Å². The van der Waals surface area contributed by atoms with Crippen LogP contribution in [-0.4, -0.2) is 17.6 Å². The number of aromatic nitrogens is 1. The van der Waals surface area contributed by atoms with Gasteiger partial charge in [-0.05, 0) is 36.6 Å². The predicted molar refractivity (Wildman–Crippen MR) is 71.4 cm³/mol. The number of benzene rings is 1. The summed E-state index contributed by atoms with van der Waals surface area (Å²) in [4.78, 5) is 4.08. The molecule has 0 bridgehead atoms. The summed E-state index contributed by atoms with van der Waals surface area (Å²) in [7, 11) is 0. The van der Waals surface area contributed by atoms with Crippen molar-refractivity contribution in [2.45, 2.75) is 18.9 Å². The van der Waals surface area contributed by atoms with Gasteiger partial charge >= 0.3 is 0 Å². The number of hydrogen-bond donors (Lipinski definition) is 1. The first kappa shape index (κ1) is 12.1. The molecule has 0 radical (unpaired) electrons. The van der Waals surface area contributed by atoms with Crippen LogP contribution in [-0.2, 0) is 6.42 Å². The average molecular weight is 258 g/mol. The molecule has 0 unspecified atom stereocenters. The normalized spacial score (nSPS) is 17.7. The molecular weight excluding hydrogens is 243 g/mol. The summed E-state index contributed by atoms with van der Waals surface area (Å²) in [6, 6.07) is 6.77. The molecule has 1 aromatic carbocycles. The van der Waals surface area contributed by atoms with Crippen LogP contribution in [0.1, 0.15) is 12.0 Å². The summed E-state index contributed by atoms with van der Waals surface area (Å²) in [5.41, 5.74) is 8.18. The topological polar surface area (TPSA) is 48.1 Å². The highest BCUT2D eigenvalue weighted by atomic mass is 19.1. The maximum atomic E-state index is 13.7. The van der Waals surface area contributed by atoms with Crippen LogP contribution in [0.25, 0.3) is 11.1 Å². The van der Waals surface area contributed by atoms with Gasteiger partial charge in [0, 0.05) is 30.1 Å². The van der Waals surface area contributed by atoms with Crippen molar-refractivity contribution in [3.05, 3.63) is 48.0 Å². The molecule has 2 aromatic rings. The highest BCUT2D eigenvalue weighted by Gasteiger charge is 2.23. The first-order valence-electron chi connectivity index (χ1n) is 6.37. The summed E-state index contributed by atoms with van der Waals surface area (Å²) >= 11 is 0. The third-order valence-electron chi connectivity index (χ3n) is 3.39. The lowest BCUT2D eigenvalue weighted by molar-refractivity contribution is 0.182. The van der Waals surface area contributed by atoms with Gasteiger partial charge in [0.2, 0.25) is 0 Å². The van der Waals surface area contributed by atoms with Crippen molar-refractivity contribution in [2.24, 2.45) is 5.73 Å². The maximum absolute atomic E-state index is 13.7. The molecule has 1 aromatic heterocycles. The molecule has 19 heavy (non-hydrogen) atoms. The molecule has 0 aliphatic carbocycles. The quantitative estimate of drug-likeness (QED) is 0.900. The molecular formula is C15H15FN2O. The van der Waals surface area contributed by atoms with Crippen molar-refractivity contribution in [1.82, 2.24) is 4.98 Å². The van der Waals surface area contributed by atoms with Gasteiger partial charge in [0.1, 0.15) is 17.7 Å². The van der Waals surface area contributed by atoms with Crippen molar-refractivity contribution in [2.75, 3.05) is 6.54 Å². The predicted octanol–water partition coefficient (Wildman–Crippen LogP) is 2.54. The van der Waals surface area contributed by atoms with Crippen LogP contribution in [0.4, 0.5) is 4.39 Å². The van der Waals surface area contributed by atoms with Crippen LogP contribution < -0.4 is 10.5 Å². The van der Waals surface area contributed by atoms with Crippen LogP contribution in [0.3, 0.4) is 0 Å². The van der Waals surface area contributed by atoms with Gasteiger partial charge in [0.05, 0.1) is 0 Å². The van der Waals surface area contributed by atoms with E-state index in [0.29, 0.717) is 6.54 Å². The van der Waals surface area contributed by atoms with E-state index in [9.17, 15) is 4.39 Å². The van der Waals surface area contributed by atoms with Crippen molar-refractivity contribution in [1.29, 1.82) is 0 Å². The molecule has 2 heterocycles. The Labute approximate surface area is 111 Å². The lowest BCUT2D eigenvalue weighted by atomic mass is 9.96. The first-order chi connectivity index (χ1) is 9.28. The molecule has 1 atom stereocenters. The largest absolute Gasteiger partial charge is 0.488 e. The number of halogens is 1. The molecule has 0 saturated heterocycles. The second-order valence-corrected chi connectivity index (χ2v) is 4.70. The number of fused-ring (bicyclic) bond motifs is 1. The Morgan fingerprint density at radius 3 is 3.05 bits per heavy atom. The van der Waals surface area contributed by atoms with Crippen molar-refractivity contribution < 1.29 is 9.13 Å². The van der Waals surface area contributed by atoms with E-state index in [4.69, 9.17) is 10.5 Å². The van der Waals surface area contributed by atoms with Crippen LogP contribution >= 0.6 is 0 Å². The van der Waals surface area contributed by atoms with E-state index in [1.54, 1.807) is 18.5 Å². The second kappa shape index (κ2) is 4.97. The Hall–Kier alpha value is -1.94. The summed E-state index contributed by atoms with van der Waals surface area (Å²) in [5, 5.41) is 0. The number of aryl methyl sites for hydroxylation is 1. The summed E-state index contributed by atoms with van der Waals surface area (Å²) in [6.07, 6.45) is 5.04. The minimum absolute atomic E-state index is 0.00776. The number of pyridine rings is 1. The Morgan fingerprint density at radius 2 is 2.32 bits per heavy atom. The van der Waals surface area contributed by atoms with Gasteiger partial charge in [-0.15, -0.1) is 0 Å². The van der Waals surface area contributed by atoms with E-state index >= 15 is 0 Å². The lowest BCUT2D eigenvalue weighted by Gasteiger charge is -2.27. The van der Waals surface area contributed by atoms with Gasteiger partial charge in [0.25, 0.3) is 0 Å².